The molecule has 0 radical (unpaired) electrons. The molecular weight excluding hydrogens is 220 g/mol. The van der Waals surface area contributed by atoms with E-state index in [1.54, 1.807) is 0 Å². The summed E-state index contributed by atoms with van der Waals surface area (Å²) < 4.78 is 0. The van der Waals surface area contributed by atoms with E-state index in [0.717, 1.165) is 13.0 Å². The van der Waals surface area contributed by atoms with Crippen molar-refractivity contribution in [2.24, 2.45) is 5.92 Å². The summed E-state index contributed by atoms with van der Waals surface area (Å²) in [6.07, 6.45) is 1.00. The number of nitro groups is 1. The molecule has 0 spiro atoms. The second-order valence-electron chi connectivity index (χ2n) is 4.47. The third-order valence-corrected chi connectivity index (χ3v) is 2.46. The standard InChI is InChI=1S/C11H18N4O2/c1-8(2)4-5-14(3)11-7-9(15(16)17)6-10(12)13-11/h6-8H,4-5H2,1-3H3,(H2,12,13). The van der Waals surface area contributed by atoms with Crippen LogP contribution in [0.4, 0.5) is 17.3 Å². The molecule has 6 nitrogen and oxygen atoms in total. The molecule has 0 aliphatic heterocycles. The lowest BCUT2D eigenvalue weighted by Gasteiger charge is -2.19. The van der Waals surface area contributed by atoms with Gasteiger partial charge in [0.25, 0.3) is 5.69 Å². The number of aromatic nitrogens is 1. The summed E-state index contributed by atoms with van der Waals surface area (Å²) in [5.74, 6) is 1.29. The third-order valence-electron chi connectivity index (χ3n) is 2.46. The van der Waals surface area contributed by atoms with Gasteiger partial charge in [-0.2, -0.15) is 0 Å². The lowest BCUT2D eigenvalue weighted by atomic mass is 10.1. The Hall–Kier alpha value is -1.85. The van der Waals surface area contributed by atoms with Crippen LogP contribution in [-0.4, -0.2) is 23.5 Å². The summed E-state index contributed by atoms with van der Waals surface area (Å²) in [5, 5.41) is 10.7. The van der Waals surface area contributed by atoms with E-state index in [2.05, 4.69) is 18.8 Å². The van der Waals surface area contributed by atoms with Crippen LogP contribution in [0.3, 0.4) is 0 Å². The maximum Gasteiger partial charge on any atom is 0.276 e. The Bertz CT molecular complexity index is 406. The highest BCUT2D eigenvalue weighted by Crippen LogP contribution is 2.21. The zero-order chi connectivity index (χ0) is 13.0. The number of nitrogens with zero attached hydrogens (tertiary/aromatic N) is 3. The molecule has 0 saturated heterocycles. The summed E-state index contributed by atoms with van der Waals surface area (Å²) in [7, 11) is 1.86. The molecule has 0 atom stereocenters. The predicted octanol–water partition coefficient (Wildman–Crippen LogP) is 2.05. The van der Waals surface area contributed by atoms with Gasteiger partial charge >= 0.3 is 0 Å². The minimum Gasteiger partial charge on any atom is -0.383 e. The van der Waals surface area contributed by atoms with Gasteiger partial charge < -0.3 is 10.6 Å². The molecule has 1 rings (SSSR count). The van der Waals surface area contributed by atoms with Gasteiger partial charge in [0.15, 0.2) is 0 Å². The van der Waals surface area contributed by atoms with Gasteiger partial charge in [-0.05, 0) is 12.3 Å². The fraction of sp³-hybridized carbons (Fsp3) is 0.545. The molecule has 2 N–H and O–H groups in total. The fourth-order valence-electron chi connectivity index (χ4n) is 1.39. The second kappa shape index (κ2) is 5.47. The van der Waals surface area contributed by atoms with E-state index in [9.17, 15) is 10.1 Å². The third kappa shape index (κ3) is 3.90. The Labute approximate surface area is 101 Å². The van der Waals surface area contributed by atoms with Crippen LogP contribution in [-0.2, 0) is 0 Å². The quantitative estimate of drug-likeness (QED) is 0.626. The fourth-order valence-corrected chi connectivity index (χ4v) is 1.39. The highest BCUT2D eigenvalue weighted by molar-refractivity contribution is 5.53. The first-order chi connectivity index (χ1) is 7.90. The molecule has 0 saturated carbocycles. The van der Waals surface area contributed by atoms with E-state index in [1.165, 1.54) is 12.1 Å². The number of nitrogen functional groups attached to an aromatic ring is 1. The minimum atomic E-state index is -0.460. The highest BCUT2D eigenvalue weighted by Gasteiger charge is 2.12. The van der Waals surface area contributed by atoms with Crippen molar-refractivity contribution < 1.29 is 4.92 Å². The highest BCUT2D eigenvalue weighted by atomic mass is 16.6. The molecule has 1 heterocycles. The molecule has 6 heteroatoms. The van der Waals surface area contributed by atoms with Crippen molar-refractivity contribution in [3.63, 3.8) is 0 Å². The second-order valence-corrected chi connectivity index (χ2v) is 4.47. The van der Waals surface area contributed by atoms with Gasteiger partial charge in [0.2, 0.25) is 0 Å². The SMILES string of the molecule is CC(C)CCN(C)c1cc([N+](=O)[O-])cc(N)n1. The van der Waals surface area contributed by atoms with E-state index in [4.69, 9.17) is 5.73 Å². The number of pyridine rings is 1. The van der Waals surface area contributed by atoms with Gasteiger partial charge in [0.05, 0.1) is 17.1 Å². The molecular formula is C11H18N4O2. The van der Waals surface area contributed by atoms with Crippen LogP contribution in [0.2, 0.25) is 0 Å². The van der Waals surface area contributed by atoms with Crippen LogP contribution in [0.25, 0.3) is 0 Å². The largest absolute Gasteiger partial charge is 0.383 e. The number of anilines is 2. The molecule has 0 amide bonds. The average Bonchev–Trinajstić information content (AvgIpc) is 2.24. The summed E-state index contributed by atoms with van der Waals surface area (Å²) in [5.41, 5.74) is 5.52. The Morgan fingerprint density at radius 1 is 1.53 bits per heavy atom. The maximum atomic E-state index is 10.7. The molecule has 0 unspecified atom stereocenters. The van der Waals surface area contributed by atoms with E-state index in [0.29, 0.717) is 11.7 Å². The van der Waals surface area contributed by atoms with Crippen molar-refractivity contribution in [2.75, 3.05) is 24.2 Å². The van der Waals surface area contributed by atoms with E-state index in [1.807, 2.05) is 11.9 Å². The van der Waals surface area contributed by atoms with Gasteiger partial charge in [-0.3, -0.25) is 10.1 Å². The molecule has 1 aromatic heterocycles. The molecule has 1 aromatic rings. The summed E-state index contributed by atoms with van der Waals surface area (Å²) in [4.78, 5) is 16.2. The Balaban J connectivity index is 2.86. The van der Waals surface area contributed by atoms with E-state index in [-0.39, 0.29) is 11.5 Å². The van der Waals surface area contributed by atoms with E-state index >= 15 is 0 Å². The van der Waals surface area contributed by atoms with Crippen molar-refractivity contribution in [3.8, 4) is 0 Å². The zero-order valence-electron chi connectivity index (χ0n) is 10.4. The maximum absolute atomic E-state index is 10.7. The van der Waals surface area contributed by atoms with Crippen LogP contribution in [0.1, 0.15) is 20.3 Å². The molecule has 0 fully saturated rings. The number of rotatable bonds is 5. The van der Waals surface area contributed by atoms with Gasteiger partial charge in [0, 0.05) is 13.6 Å². The first kappa shape index (κ1) is 13.2. The Kier molecular flexibility index (Phi) is 4.25. The smallest absolute Gasteiger partial charge is 0.276 e. The monoisotopic (exact) mass is 238 g/mol. The normalized spacial score (nSPS) is 10.6. The van der Waals surface area contributed by atoms with Gasteiger partial charge in [-0.15, -0.1) is 0 Å². The summed E-state index contributed by atoms with van der Waals surface area (Å²) >= 11 is 0. The van der Waals surface area contributed by atoms with Crippen molar-refractivity contribution in [3.05, 3.63) is 22.2 Å². The lowest BCUT2D eigenvalue weighted by molar-refractivity contribution is -0.384. The lowest BCUT2D eigenvalue weighted by Crippen LogP contribution is -2.21. The topological polar surface area (TPSA) is 85.3 Å². The first-order valence-electron chi connectivity index (χ1n) is 5.53. The van der Waals surface area contributed by atoms with Gasteiger partial charge in [-0.1, -0.05) is 13.8 Å². The molecule has 0 bridgehead atoms. The van der Waals surface area contributed by atoms with E-state index < -0.39 is 4.92 Å². The van der Waals surface area contributed by atoms with Crippen molar-refractivity contribution in [1.82, 2.24) is 4.98 Å². The molecule has 0 aromatic carbocycles. The number of hydrogen-bond acceptors (Lipinski definition) is 5. The van der Waals surface area contributed by atoms with Crippen LogP contribution in [0.5, 0.6) is 0 Å². The molecule has 94 valence electrons. The number of nitrogens with two attached hydrogens (primary N) is 1. The van der Waals surface area contributed by atoms with Gasteiger partial charge in [0.1, 0.15) is 11.6 Å². The van der Waals surface area contributed by atoms with Crippen LogP contribution in [0, 0.1) is 16.0 Å². The van der Waals surface area contributed by atoms with Crippen LogP contribution in [0.15, 0.2) is 12.1 Å². The average molecular weight is 238 g/mol. The zero-order valence-corrected chi connectivity index (χ0v) is 10.4. The molecule has 0 aliphatic rings. The molecule has 17 heavy (non-hydrogen) atoms. The minimum absolute atomic E-state index is 0.0242. The van der Waals surface area contributed by atoms with Crippen LogP contribution < -0.4 is 10.6 Å². The summed E-state index contributed by atoms with van der Waals surface area (Å²) in [6, 6.07) is 2.70. The molecule has 0 aliphatic carbocycles. The van der Waals surface area contributed by atoms with Crippen molar-refractivity contribution in [2.45, 2.75) is 20.3 Å². The van der Waals surface area contributed by atoms with Crippen molar-refractivity contribution >= 4 is 17.3 Å². The van der Waals surface area contributed by atoms with Crippen LogP contribution >= 0.6 is 0 Å². The van der Waals surface area contributed by atoms with Crippen molar-refractivity contribution in [1.29, 1.82) is 0 Å². The first-order valence-corrected chi connectivity index (χ1v) is 5.53. The number of hydrogen-bond donors (Lipinski definition) is 1. The Morgan fingerprint density at radius 3 is 2.71 bits per heavy atom. The predicted molar refractivity (Wildman–Crippen MR) is 68.0 cm³/mol. The summed E-state index contributed by atoms with van der Waals surface area (Å²) in [6.45, 7) is 5.05. The Morgan fingerprint density at radius 2 is 2.18 bits per heavy atom. The van der Waals surface area contributed by atoms with Gasteiger partial charge in [-0.25, -0.2) is 4.98 Å².